The Hall–Kier alpha value is -2.73. The standard InChI is InChI=1S/C19H21ClN2O4/c1-4-25-17-10-14(9-16(20)19(17)24-3)11-21-22-18(23)12-26-15-7-5-6-13(2)8-15/h5-11H,4,12H2,1-3H3,(H,22,23)/b21-11-. The first-order chi connectivity index (χ1) is 12.5. The highest BCUT2D eigenvalue weighted by Gasteiger charge is 2.10. The number of halogens is 1. The van der Waals surface area contributed by atoms with Crippen LogP contribution in [-0.4, -0.2) is 32.4 Å². The molecule has 138 valence electrons. The molecule has 0 bridgehead atoms. The Morgan fingerprint density at radius 3 is 2.77 bits per heavy atom. The van der Waals surface area contributed by atoms with Crippen molar-refractivity contribution in [2.24, 2.45) is 5.10 Å². The number of carbonyl (C=O) groups excluding carboxylic acids is 1. The first kappa shape index (κ1) is 19.6. The van der Waals surface area contributed by atoms with Gasteiger partial charge in [0.05, 0.1) is 25.0 Å². The van der Waals surface area contributed by atoms with Crippen molar-refractivity contribution in [2.75, 3.05) is 20.3 Å². The number of methoxy groups -OCH3 is 1. The maximum atomic E-state index is 11.8. The fourth-order valence-electron chi connectivity index (χ4n) is 2.19. The third kappa shape index (κ3) is 5.67. The topological polar surface area (TPSA) is 69.2 Å². The summed E-state index contributed by atoms with van der Waals surface area (Å²) in [6.07, 6.45) is 1.47. The van der Waals surface area contributed by atoms with Gasteiger partial charge in [0.15, 0.2) is 18.1 Å². The van der Waals surface area contributed by atoms with E-state index in [2.05, 4.69) is 10.5 Å². The summed E-state index contributed by atoms with van der Waals surface area (Å²) in [6.45, 7) is 4.16. The van der Waals surface area contributed by atoms with Gasteiger partial charge in [-0.2, -0.15) is 5.10 Å². The van der Waals surface area contributed by atoms with Gasteiger partial charge in [0.1, 0.15) is 5.75 Å². The van der Waals surface area contributed by atoms with E-state index in [1.54, 1.807) is 18.2 Å². The monoisotopic (exact) mass is 376 g/mol. The molecule has 0 aromatic heterocycles. The van der Waals surface area contributed by atoms with Crippen molar-refractivity contribution in [2.45, 2.75) is 13.8 Å². The zero-order chi connectivity index (χ0) is 18.9. The van der Waals surface area contributed by atoms with E-state index in [9.17, 15) is 4.79 Å². The Morgan fingerprint density at radius 2 is 2.08 bits per heavy atom. The van der Waals surface area contributed by atoms with Crippen molar-refractivity contribution in [1.82, 2.24) is 5.43 Å². The lowest BCUT2D eigenvalue weighted by Crippen LogP contribution is -2.24. The van der Waals surface area contributed by atoms with Crippen molar-refractivity contribution in [3.05, 3.63) is 52.5 Å². The molecule has 2 aromatic rings. The van der Waals surface area contributed by atoms with E-state index in [1.165, 1.54) is 13.3 Å². The van der Waals surface area contributed by atoms with Crippen molar-refractivity contribution < 1.29 is 19.0 Å². The van der Waals surface area contributed by atoms with Crippen LogP contribution in [0.1, 0.15) is 18.1 Å². The van der Waals surface area contributed by atoms with Gasteiger partial charge in [0.2, 0.25) is 0 Å². The fourth-order valence-corrected chi connectivity index (χ4v) is 2.48. The Morgan fingerprint density at radius 1 is 1.27 bits per heavy atom. The lowest BCUT2D eigenvalue weighted by Gasteiger charge is -2.11. The van der Waals surface area contributed by atoms with Gasteiger partial charge < -0.3 is 14.2 Å². The molecule has 2 aromatic carbocycles. The molecule has 0 aliphatic rings. The van der Waals surface area contributed by atoms with E-state index in [-0.39, 0.29) is 12.5 Å². The van der Waals surface area contributed by atoms with Crippen LogP contribution in [0.4, 0.5) is 0 Å². The van der Waals surface area contributed by atoms with E-state index in [0.717, 1.165) is 5.56 Å². The normalized spacial score (nSPS) is 10.6. The summed E-state index contributed by atoms with van der Waals surface area (Å²) in [6, 6.07) is 10.9. The summed E-state index contributed by atoms with van der Waals surface area (Å²) in [5.41, 5.74) is 4.13. The summed E-state index contributed by atoms with van der Waals surface area (Å²) in [7, 11) is 1.52. The van der Waals surface area contributed by atoms with Gasteiger partial charge in [-0.05, 0) is 49.2 Å². The highest BCUT2D eigenvalue weighted by atomic mass is 35.5. The number of carbonyl (C=O) groups is 1. The number of hydrogen-bond acceptors (Lipinski definition) is 5. The van der Waals surface area contributed by atoms with Crippen LogP contribution >= 0.6 is 11.6 Å². The van der Waals surface area contributed by atoms with Gasteiger partial charge in [0.25, 0.3) is 5.91 Å². The molecular formula is C19H21ClN2O4. The molecule has 0 aliphatic carbocycles. The smallest absolute Gasteiger partial charge is 0.277 e. The van der Waals surface area contributed by atoms with Gasteiger partial charge in [-0.15, -0.1) is 0 Å². The van der Waals surface area contributed by atoms with E-state index in [1.807, 2.05) is 32.0 Å². The number of benzene rings is 2. The van der Waals surface area contributed by atoms with Gasteiger partial charge in [-0.3, -0.25) is 4.79 Å². The Balaban J connectivity index is 1.94. The Bertz CT molecular complexity index is 793. The van der Waals surface area contributed by atoms with Crippen LogP contribution in [0.5, 0.6) is 17.2 Å². The minimum atomic E-state index is -0.368. The van der Waals surface area contributed by atoms with Gasteiger partial charge >= 0.3 is 0 Å². The molecule has 0 saturated carbocycles. The van der Waals surface area contributed by atoms with Crippen molar-refractivity contribution in [3.8, 4) is 17.2 Å². The molecule has 0 fully saturated rings. The molecule has 0 saturated heterocycles. The van der Waals surface area contributed by atoms with E-state index < -0.39 is 0 Å². The van der Waals surface area contributed by atoms with Crippen molar-refractivity contribution in [1.29, 1.82) is 0 Å². The molecule has 6 nitrogen and oxygen atoms in total. The molecule has 7 heteroatoms. The van der Waals surface area contributed by atoms with Crippen LogP contribution in [0, 0.1) is 6.92 Å². The minimum absolute atomic E-state index is 0.131. The van der Waals surface area contributed by atoms with E-state index in [0.29, 0.717) is 34.4 Å². The van der Waals surface area contributed by atoms with E-state index >= 15 is 0 Å². The highest BCUT2D eigenvalue weighted by molar-refractivity contribution is 6.32. The number of ether oxygens (including phenoxy) is 3. The predicted molar refractivity (Wildman–Crippen MR) is 102 cm³/mol. The third-order valence-corrected chi connectivity index (χ3v) is 3.58. The molecule has 0 spiro atoms. The molecule has 1 N–H and O–H groups in total. The molecule has 26 heavy (non-hydrogen) atoms. The molecule has 2 rings (SSSR count). The second kappa shape index (κ2) is 9.68. The number of hydrazone groups is 1. The fraction of sp³-hybridized carbons (Fsp3) is 0.263. The summed E-state index contributed by atoms with van der Waals surface area (Å²) in [5.74, 6) is 1.24. The molecular weight excluding hydrogens is 356 g/mol. The average Bonchev–Trinajstić information content (AvgIpc) is 2.60. The minimum Gasteiger partial charge on any atom is -0.491 e. The Labute approximate surface area is 157 Å². The summed E-state index contributed by atoms with van der Waals surface area (Å²) in [4.78, 5) is 11.8. The SMILES string of the molecule is CCOc1cc(/C=N\NC(=O)COc2cccc(C)c2)cc(Cl)c1OC. The first-order valence-corrected chi connectivity index (χ1v) is 8.43. The third-order valence-electron chi connectivity index (χ3n) is 3.30. The Kier molecular flexibility index (Phi) is 7.29. The van der Waals surface area contributed by atoms with Gasteiger partial charge in [-0.25, -0.2) is 5.43 Å². The zero-order valence-electron chi connectivity index (χ0n) is 14.9. The largest absolute Gasteiger partial charge is 0.491 e. The van der Waals surface area contributed by atoms with Crippen LogP contribution in [0.2, 0.25) is 5.02 Å². The zero-order valence-corrected chi connectivity index (χ0v) is 15.7. The maximum Gasteiger partial charge on any atom is 0.277 e. The van der Waals surface area contributed by atoms with Crippen molar-refractivity contribution >= 4 is 23.7 Å². The summed E-state index contributed by atoms with van der Waals surface area (Å²) in [5, 5.41) is 4.31. The van der Waals surface area contributed by atoms with Crippen LogP contribution in [0.15, 0.2) is 41.5 Å². The number of amides is 1. The van der Waals surface area contributed by atoms with Crippen LogP contribution in [-0.2, 0) is 4.79 Å². The number of nitrogens with zero attached hydrogens (tertiary/aromatic N) is 1. The molecule has 0 unspecified atom stereocenters. The lowest BCUT2D eigenvalue weighted by atomic mass is 10.2. The molecule has 0 heterocycles. The molecule has 1 amide bonds. The van der Waals surface area contributed by atoms with Crippen LogP contribution < -0.4 is 19.6 Å². The lowest BCUT2D eigenvalue weighted by molar-refractivity contribution is -0.123. The van der Waals surface area contributed by atoms with E-state index in [4.69, 9.17) is 25.8 Å². The summed E-state index contributed by atoms with van der Waals surface area (Å²) < 4.78 is 16.1. The number of aryl methyl sites for hydroxylation is 1. The average molecular weight is 377 g/mol. The van der Waals surface area contributed by atoms with Crippen molar-refractivity contribution in [3.63, 3.8) is 0 Å². The second-order valence-electron chi connectivity index (χ2n) is 5.37. The highest BCUT2D eigenvalue weighted by Crippen LogP contribution is 2.35. The number of nitrogens with one attached hydrogen (secondary N) is 1. The second-order valence-corrected chi connectivity index (χ2v) is 5.77. The summed E-state index contributed by atoms with van der Waals surface area (Å²) >= 11 is 6.17. The first-order valence-electron chi connectivity index (χ1n) is 8.05. The van der Waals surface area contributed by atoms with Crippen LogP contribution in [0.25, 0.3) is 0 Å². The number of hydrogen-bond donors (Lipinski definition) is 1. The number of rotatable bonds is 8. The van der Waals surface area contributed by atoms with Gasteiger partial charge in [0, 0.05) is 0 Å². The molecule has 0 aliphatic heterocycles. The maximum absolute atomic E-state index is 11.8. The quantitative estimate of drug-likeness (QED) is 0.564. The van der Waals surface area contributed by atoms with Crippen LogP contribution in [0.3, 0.4) is 0 Å². The molecule has 0 radical (unpaired) electrons. The molecule has 0 atom stereocenters. The predicted octanol–water partition coefficient (Wildman–Crippen LogP) is 3.58. The van der Waals surface area contributed by atoms with Gasteiger partial charge in [-0.1, -0.05) is 23.7 Å².